The summed E-state index contributed by atoms with van der Waals surface area (Å²) in [7, 11) is 0. The van der Waals surface area contributed by atoms with Crippen LogP contribution in [-0.4, -0.2) is 20.7 Å². The fraction of sp³-hybridized carbons (Fsp3) is 0.400. The quantitative estimate of drug-likeness (QED) is 0.806. The van der Waals surface area contributed by atoms with E-state index in [4.69, 9.17) is 5.73 Å². The number of nitrogens with zero attached hydrogens (tertiary/aromatic N) is 3. The van der Waals surface area contributed by atoms with Gasteiger partial charge in [-0.3, -0.25) is 4.79 Å². The van der Waals surface area contributed by atoms with Gasteiger partial charge >= 0.3 is 0 Å². The highest BCUT2D eigenvalue weighted by Gasteiger charge is 2.10. The molecule has 1 aromatic heterocycles. The van der Waals surface area contributed by atoms with E-state index in [1.54, 1.807) is 6.33 Å². The van der Waals surface area contributed by atoms with Gasteiger partial charge in [0.1, 0.15) is 6.33 Å². The van der Waals surface area contributed by atoms with E-state index in [1.165, 1.54) is 0 Å². The molecule has 3 N–H and O–H groups in total. The number of amides is 1. The standard InChI is InChI=1S/C15H21N5O/c1-2-20-11-18-19-14(20)10-17-15(21)9-8-13(16)12-6-4-3-5-7-12/h3-7,11,13H,2,8-10,16H2,1H3,(H,17,21). The van der Waals surface area contributed by atoms with Gasteiger partial charge in [0.25, 0.3) is 0 Å². The van der Waals surface area contributed by atoms with E-state index < -0.39 is 0 Å². The molecular weight excluding hydrogens is 266 g/mol. The SMILES string of the molecule is CCn1cnnc1CNC(=O)CCC(N)c1ccccc1. The summed E-state index contributed by atoms with van der Waals surface area (Å²) >= 11 is 0. The fourth-order valence-corrected chi connectivity index (χ4v) is 2.10. The lowest BCUT2D eigenvalue weighted by Crippen LogP contribution is -2.25. The Morgan fingerprint density at radius 1 is 1.38 bits per heavy atom. The first-order valence-electron chi connectivity index (χ1n) is 7.14. The van der Waals surface area contributed by atoms with Gasteiger partial charge in [-0.2, -0.15) is 0 Å². The van der Waals surface area contributed by atoms with E-state index in [0.717, 1.165) is 17.9 Å². The molecule has 1 amide bonds. The van der Waals surface area contributed by atoms with Crippen molar-refractivity contribution in [2.75, 3.05) is 0 Å². The molecule has 1 atom stereocenters. The van der Waals surface area contributed by atoms with Crippen molar-refractivity contribution in [1.82, 2.24) is 20.1 Å². The van der Waals surface area contributed by atoms with Crippen LogP contribution in [0.2, 0.25) is 0 Å². The van der Waals surface area contributed by atoms with Crippen molar-refractivity contribution in [1.29, 1.82) is 0 Å². The third-order valence-electron chi connectivity index (χ3n) is 3.39. The molecule has 0 bridgehead atoms. The predicted octanol–water partition coefficient (Wildman–Crippen LogP) is 1.39. The number of carbonyl (C=O) groups excluding carboxylic acids is 1. The Bertz CT molecular complexity index is 566. The number of hydrogen-bond acceptors (Lipinski definition) is 4. The van der Waals surface area contributed by atoms with E-state index >= 15 is 0 Å². The van der Waals surface area contributed by atoms with Gasteiger partial charge in [0.15, 0.2) is 5.82 Å². The Hall–Kier alpha value is -2.21. The number of nitrogens with two attached hydrogens (primary N) is 1. The minimum atomic E-state index is -0.115. The first-order chi connectivity index (χ1) is 10.2. The Morgan fingerprint density at radius 3 is 2.86 bits per heavy atom. The lowest BCUT2D eigenvalue weighted by molar-refractivity contribution is -0.121. The van der Waals surface area contributed by atoms with Crippen LogP contribution in [0.25, 0.3) is 0 Å². The maximum Gasteiger partial charge on any atom is 0.220 e. The van der Waals surface area contributed by atoms with Crippen LogP contribution >= 0.6 is 0 Å². The van der Waals surface area contributed by atoms with Gasteiger partial charge in [0.05, 0.1) is 6.54 Å². The van der Waals surface area contributed by atoms with E-state index in [1.807, 2.05) is 41.8 Å². The molecule has 21 heavy (non-hydrogen) atoms. The van der Waals surface area contributed by atoms with Crippen molar-refractivity contribution < 1.29 is 4.79 Å². The largest absolute Gasteiger partial charge is 0.349 e. The maximum absolute atomic E-state index is 11.8. The molecule has 2 aromatic rings. The van der Waals surface area contributed by atoms with Crippen LogP contribution in [0, 0.1) is 0 Å². The van der Waals surface area contributed by atoms with Crippen molar-refractivity contribution in [3.05, 3.63) is 48.0 Å². The second kappa shape index (κ2) is 7.54. The normalized spacial score (nSPS) is 12.1. The number of hydrogen-bond donors (Lipinski definition) is 2. The minimum absolute atomic E-state index is 0.0213. The average Bonchev–Trinajstić information content (AvgIpc) is 2.99. The molecule has 112 valence electrons. The van der Waals surface area contributed by atoms with Crippen molar-refractivity contribution in [3.8, 4) is 0 Å². The van der Waals surface area contributed by atoms with Crippen molar-refractivity contribution in [2.45, 2.75) is 38.9 Å². The first kappa shape index (κ1) is 15.2. The molecule has 0 aliphatic heterocycles. The second-order valence-corrected chi connectivity index (χ2v) is 4.87. The second-order valence-electron chi connectivity index (χ2n) is 4.87. The number of aromatic nitrogens is 3. The molecule has 1 heterocycles. The number of aryl methyl sites for hydroxylation is 1. The van der Waals surface area contributed by atoms with Crippen LogP contribution in [0.1, 0.15) is 37.2 Å². The number of benzene rings is 1. The lowest BCUT2D eigenvalue weighted by Gasteiger charge is -2.11. The monoisotopic (exact) mass is 287 g/mol. The van der Waals surface area contributed by atoms with Gasteiger partial charge in [-0.25, -0.2) is 0 Å². The van der Waals surface area contributed by atoms with E-state index in [2.05, 4.69) is 15.5 Å². The maximum atomic E-state index is 11.8. The van der Waals surface area contributed by atoms with Crippen molar-refractivity contribution >= 4 is 5.91 Å². The summed E-state index contributed by atoms with van der Waals surface area (Å²) in [5.41, 5.74) is 7.13. The van der Waals surface area contributed by atoms with Crippen LogP contribution in [0.3, 0.4) is 0 Å². The summed E-state index contributed by atoms with van der Waals surface area (Å²) in [6, 6.07) is 9.70. The predicted molar refractivity (Wildman–Crippen MR) is 80.1 cm³/mol. The summed E-state index contributed by atoms with van der Waals surface area (Å²) in [5, 5.41) is 10.7. The molecule has 1 aromatic carbocycles. The summed E-state index contributed by atoms with van der Waals surface area (Å²) in [4.78, 5) is 11.8. The Balaban J connectivity index is 1.75. The topological polar surface area (TPSA) is 85.8 Å². The van der Waals surface area contributed by atoms with Crippen LogP contribution in [-0.2, 0) is 17.9 Å². The molecule has 1 unspecified atom stereocenters. The van der Waals surface area contributed by atoms with Crippen LogP contribution < -0.4 is 11.1 Å². The summed E-state index contributed by atoms with van der Waals surface area (Å²) in [6.45, 7) is 3.19. The van der Waals surface area contributed by atoms with E-state index in [-0.39, 0.29) is 11.9 Å². The zero-order valence-electron chi connectivity index (χ0n) is 12.2. The third-order valence-corrected chi connectivity index (χ3v) is 3.39. The van der Waals surface area contributed by atoms with Gasteiger partial charge in [-0.05, 0) is 18.9 Å². The van der Waals surface area contributed by atoms with Crippen molar-refractivity contribution in [2.24, 2.45) is 5.73 Å². The first-order valence-corrected chi connectivity index (χ1v) is 7.14. The number of nitrogens with one attached hydrogen (secondary N) is 1. The van der Waals surface area contributed by atoms with Gasteiger partial charge in [0.2, 0.25) is 5.91 Å². The zero-order valence-corrected chi connectivity index (χ0v) is 12.2. The van der Waals surface area contributed by atoms with Crippen LogP contribution in [0.15, 0.2) is 36.7 Å². The summed E-state index contributed by atoms with van der Waals surface area (Å²) in [5.74, 6) is 0.741. The molecule has 6 heteroatoms. The molecular formula is C15H21N5O. The smallest absolute Gasteiger partial charge is 0.220 e. The fourth-order valence-electron chi connectivity index (χ4n) is 2.10. The molecule has 0 aliphatic carbocycles. The van der Waals surface area contributed by atoms with E-state index in [9.17, 15) is 4.79 Å². The molecule has 0 fully saturated rings. The Labute approximate surface area is 124 Å². The average molecular weight is 287 g/mol. The molecule has 6 nitrogen and oxygen atoms in total. The van der Waals surface area contributed by atoms with Gasteiger partial charge in [0, 0.05) is 19.0 Å². The van der Waals surface area contributed by atoms with Gasteiger partial charge in [-0.15, -0.1) is 10.2 Å². The zero-order chi connectivity index (χ0) is 15.1. The summed E-state index contributed by atoms with van der Waals surface area (Å²) in [6.07, 6.45) is 2.68. The molecule has 0 radical (unpaired) electrons. The Kier molecular flexibility index (Phi) is 5.45. The molecule has 0 spiro atoms. The number of rotatable bonds is 7. The highest BCUT2D eigenvalue weighted by Crippen LogP contribution is 2.14. The van der Waals surface area contributed by atoms with Gasteiger partial charge in [-0.1, -0.05) is 30.3 Å². The molecule has 0 saturated heterocycles. The third kappa shape index (κ3) is 4.39. The highest BCUT2D eigenvalue weighted by atomic mass is 16.1. The van der Waals surface area contributed by atoms with Crippen LogP contribution in [0.4, 0.5) is 0 Å². The van der Waals surface area contributed by atoms with E-state index in [0.29, 0.717) is 19.4 Å². The van der Waals surface area contributed by atoms with Gasteiger partial charge < -0.3 is 15.6 Å². The molecule has 2 rings (SSSR count). The minimum Gasteiger partial charge on any atom is -0.349 e. The Morgan fingerprint density at radius 2 is 2.14 bits per heavy atom. The lowest BCUT2D eigenvalue weighted by atomic mass is 10.0. The molecule has 0 aliphatic rings. The van der Waals surface area contributed by atoms with Crippen LogP contribution in [0.5, 0.6) is 0 Å². The molecule has 0 saturated carbocycles. The highest BCUT2D eigenvalue weighted by molar-refractivity contribution is 5.75. The number of carbonyl (C=O) groups is 1. The van der Waals surface area contributed by atoms with Crippen molar-refractivity contribution in [3.63, 3.8) is 0 Å². The summed E-state index contributed by atoms with van der Waals surface area (Å²) < 4.78 is 1.90.